The second kappa shape index (κ2) is 9.21. The second-order valence-electron chi connectivity index (χ2n) is 6.52. The third kappa shape index (κ3) is 5.33. The summed E-state index contributed by atoms with van der Waals surface area (Å²) in [4.78, 5) is 15.3. The molecule has 1 aliphatic rings. The van der Waals surface area contributed by atoms with Gasteiger partial charge in [0, 0.05) is 31.1 Å². The van der Waals surface area contributed by atoms with Gasteiger partial charge in [0.1, 0.15) is 5.00 Å². The van der Waals surface area contributed by atoms with Gasteiger partial charge in [-0.25, -0.2) is 13.2 Å². The van der Waals surface area contributed by atoms with Crippen molar-refractivity contribution in [3.05, 3.63) is 42.0 Å². The number of anilines is 1. The lowest BCUT2D eigenvalue weighted by Gasteiger charge is -2.34. The monoisotopic (exact) mass is 453 g/mol. The van der Waals surface area contributed by atoms with Gasteiger partial charge in [0.05, 0.1) is 18.4 Å². The van der Waals surface area contributed by atoms with E-state index < -0.39 is 16.0 Å². The summed E-state index contributed by atoms with van der Waals surface area (Å²) in [6, 6.07) is 11.6. The zero-order valence-electron chi connectivity index (χ0n) is 16.3. The van der Waals surface area contributed by atoms with E-state index in [1.54, 1.807) is 6.92 Å². The lowest BCUT2D eigenvalue weighted by molar-refractivity contribution is 0.0528. The molecule has 156 valence electrons. The van der Waals surface area contributed by atoms with Crippen molar-refractivity contribution < 1.29 is 17.9 Å². The number of sulfonamides is 1. The van der Waals surface area contributed by atoms with Crippen LogP contribution < -0.4 is 5.32 Å². The van der Waals surface area contributed by atoms with Gasteiger partial charge in [-0.15, -0.1) is 11.3 Å². The molecule has 0 atom stereocenters. The zero-order valence-corrected chi connectivity index (χ0v) is 18.7. The van der Waals surface area contributed by atoms with E-state index in [9.17, 15) is 13.2 Å². The van der Waals surface area contributed by atoms with Crippen LogP contribution in [-0.2, 0) is 14.8 Å². The first-order valence-electron chi connectivity index (χ1n) is 9.17. The largest absolute Gasteiger partial charge is 0.462 e. The normalized spacial score (nSPS) is 15.2. The minimum absolute atomic E-state index is 0.284. The molecule has 7 nitrogen and oxygen atoms in total. The highest BCUT2D eigenvalue weighted by Gasteiger charge is 2.26. The Morgan fingerprint density at radius 2 is 1.86 bits per heavy atom. The number of nitrogens with one attached hydrogen (secondary N) is 1. The van der Waals surface area contributed by atoms with E-state index in [4.69, 9.17) is 17.0 Å². The quantitative estimate of drug-likeness (QED) is 0.551. The number of hydrogen-bond donors (Lipinski definition) is 1. The molecule has 1 fully saturated rings. The summed E-state index contributed by atoms with van der Waals surface area (Å²) in [6.45, 7) is 3.79. The van der Waals surface area contributed by atoms with E-state index in [0.717, 1.165) is 10.4 Å². The van der Waals surface area contributed by atoms with Crippen LogP contribution in [0.1, 0.15) is 17.3 Å². The van der Waals surface area contributed by atoms with Crippen molar-refractivity contribution in [1.29, 1.82) is 0 Å². The number of carbonyl (C=O) groups excluding carboxylic acids is 1. The van der Waals surface area contributed by atoms with E-state index in [1.807, 2.05) is 41.3 Å². The van der Waals surface area contributed by atoms with Gasteiger partial charge in [-0.05, 0) is 30.8 Å². The van der Waals surface area contributed by atoms with Crippen LogP contribution >= 0.6 is 23.6 Å². The molecule has 0 radical (unpaired) electrons. The van der Waals surface area contributed by atoms with E-state index in [1.165, 1.54) is 21.9 Å². The topological polar surface area (TPSA) is 79.0 Å². The number of nitrogens with zero attached hydrogens (tertiary/aromatic N) is 2. The maximum atomic E-state index is 12.4. The first kappa shape index (κ1) is 21.7. The number of benzene rings is 1. The van der Waals surface area contributed by atoms with Crippen LogP contribution in [0.2, 0.25) is 0 Å². The Balaban J connectivity index is 1.78. The zero-order chi connectivity index (χ0) is 21.0. The summed E-state index contributed by atoms with van der Waals surface area (Å²) >= 11 is 6.96. The van der Waals surface area contributed by atoms with E-state index >= 15 is 0 Å². The molecule has 1 aliphatic heterocycles. The summed E-state index contributed by atoms with van der Waals surface area (Å²) < 4.78 is 30.0. The molecule has 0 amide bonds. The maximum absolute atomic E-state index is 12.4. The van der Waals surface area contributed by atoms with Crippen LogP contribution in [0.3, 0.4) is 0 Å². The van der Waals surface area contributed by atoms with Crippen molar-refractivity contribution in [2.45, 2.75) is 6.92 Å². The summed E-state index contributed by atoms with van der Waals surface area (Å²) in [6.07, 6.45) is 1.21. The molecule has 1 saturated heterocycles. The standard InChI is InChI=1S/C19H23N3O4S3/c1-3-26-18(23)15-13-16(14-7-5-4-6-8-14)28-17(15)20-19(27)21-9-11-22(12-10-21)29(2,24)25/h4-8,13H,3,9-12H2,1-2H3,(H,20,27). The van der Waals surface area contributed by atoms with E-state index in [0.29, 0.717) is 41.9 Å². The van der Waals surface area contributed by atoms with Crippen LogP contribution in [-0.4, -0.2) is 67.7 Å². The Hall–Kier alpha value is -2.01. The molecule has 0 saturated carbocycles. The summed E-state index contributed by atoms with van der Waals surface area (Å²) in [5, 5.41) is 4.26. The van der Waals surface area contributed by atoms with Gasteiger partial charge in [0.15, 0.2) is 5.11 Å². The highest BCUT2D eigenvalue weighted by atomic mass is 32.2. The third-order valence-corrected chi connectivity index (χ3v) is 7.26. The molecule has 1 N–H and O–H groups in total. The van der Waals surface area contributed by atoms with Gasteiger partial charge < -0.3 is 15.0 Å². The lowest BCUT2D eigenvalue weighted by atomic mass is 10.1. The predicted molar refractivity (Wildman–Crippen MR) is 120 cm³/mol. The van der Waals surface area contributed by atoms with Crippen molar-refractivity contribution in [2.75, 3.05) is 44.4 Å². The molecule has 0 unspecified atom stereocenters. The van der Waals surface area contributed by atoms with Gasteiger partial charge in [0.25, 0.3) is 0 Å². The third-order valence-electron chi connectivity index (χ3n) is 4.50. The number of rotatable bonds is 5. The van der Waals surface area contributed by atoms with Crippen molar-refractivity contribution in [3.8, 4) is 10.4 Å². The number of piperazine rings is 1. The number of esters is 1. The average Bonchev–Trinajstić information content (AvgIpc) is 3.12. The predicted octanol–water partition coefficient (Wildman–Crippen LogP) is 2.87. The molecular weight excluding hydrogens is 430 g/mol. The molecule has 2 aromatic rings. The van der Waals surface area contributed by atoms with Gasteiger partial charge >= 0.3 is 5.97 Å². The number of ether oxygens (including phenoxy) is 1. The molecule has 1 aromatic carbocycles. The Bertz CT molecular complexity index is 981. The lowest BCUT2D eigenvalue weighted by Crippen LogP contribution is -2.51. The maximum Gasteiger partial charge on any atom is 0.341 e. The molecular formula is C19H23N3O4S3. The van der Waals surface area contributed by atoms with Crippen molar-refractivity contribution in [2.24, 2.45) is 0 Å². The molecule has 0 spiro atoms. The summed E-state index contributed by atoms with van der Waals surface area (Å²) in [7, 11) is -3.20. The Morgan fingerprint density at radius 1 is 1.21 bits per heavy atom. The van der Waals surface area contributed by atoms with Crippen LogP contribution in [0, 0.1) is 0 Å². The molecule has 29 heavy (non-hydrogen) atoms. The van der Waals surface area contributed by atoms with Crippen LogP contribution in [0.5, 0.6) is 0 Å². The SMILES string of the molecule is CCOC(=O)c1cc(-c2ccccc2)sc1NC(=S)N1CCN(S(C)(=O)=O)CC1. The van der Waals surface area contributed by atoms with Crippen molar-refractivity contribution >= 4 is 49.7 Å². The summed E-state index contributed by atoms with van der Waals surface area (Å²) in [5.74, 6) is -0.405. The first-order valence-corrected chi connectivity index (χ1v) is 12.2. The van der Waals surface area contributed by atoms with Gasteiger partial charge in [-0.1, -0.05) is 30.3 Å². The number of thiocarbonyl (C=S) groups is 1. The van der Waals surface area contributed by atoms with Gasteiger partial charge in [-0.3, -0.25) is 0 Å². The molecule has 0 aliphatic carbocycles. The van der Waals surface area contributed by atoms with Gasteiger partial charge in [-0.2, -0.15) is 4.31 Å². The second-order valence-corrected chi connectivity index (χ2v) is 9.94. The minimum Gasteiger partial charge on any atom is -0.462 e. The highest BCUT2D eigenvalue weighted by Crippen LogP contribution is 2.36. The molecule has 10 heteroatoms. The fourth-order valence-corrected chi connectivity index (χ4v) is 5.21. The number of hydrogen-bond acceptors (Lipinski definition) is 6. The molecule has 0 bridgehead atoms. The molecule has 1 aromatic heterocycles. The summed E-state index contributed by atoms with van der Waals surface area (Å²) in [5.41, 5.74) is 1.44. The van der Waals surface area contributed by atoms with Crippen molar-refractivity contribution in [1.82, 2.24) is 9.21 Å². The Kier molecular flexibility index (Phi) is 6.89. The highest BCUT2D eigenvalue weighted by molar-refractivity contribution is 7.88. The minimum atomic E-state index is -3.20. The Labute approximate surface area is 180 Å². The first-order chi connectivity index (χ1) is 13.8. The smallest absolute Gasteiger partial charge is 0.341 e. The number of carbonyl (C=O) groups is 1. The molecule has 2 heterocycles. The average molecular weight is 454 g/mol. The van der Waals surface area contributed by atoms with Crippen LogP contribution in [0.4, 0.5) is 5.00 Å². The Morgan fingerprint density at radius 3 is 2.45 bits per heavy atom. The number of thiophene rings is 1. The van der Waals surface area contributed by atoms with Gasteiger partial charge in [0.2, 0.25) is 10.0 Å². The fourth-order valence-electron chi connectivity index (χ4n) is 2.99. The fraction of sp³-hybridized carbons (Fsp3) is 0.368. The van der Waals surface area contributed by atoms with Crippen molar-refractivity contribution in [3.63, 3.8) is 0 Å². The van der Waals surface area contributed by atoms with E-state index in [-0.39, 0.29) is 6.61 Å². The van der Waals surface area contributed by atoms with Crippen LogP contribution in [0.15, 0.2) is 36.4 Å². The van der Waals surface area contributed by atoms with E-state index in [2.05, 4.69) is 5.32 Å². The molecule has 3 rings (SSSR count). The van der Waals surface area contributed by atoms with Crippen LogP contribution in [0.25, 0.3) is 10.4 Å².